The molecule has 0 radical (unpaired) electrons. The number of thioether (sulfide) groups is 1. The third kappa shape index (κ3) is 1.50. The Bertz CT molecular complexity index is 441. The van der Waals surface area contributed by atoms with Crippen molar-refractivity contribution in [2.24, 2.45) is 4.99 Å². The summed E-state index contributed by atoms with van der Waals surface area (Å²) in [7, 11) is 1.77. The number of rotatable bonds is 1. The van der Waals surface area contributed by atoms with Crippen molar-refractivity contribution < 1.29 is 0 Å². The Morgan fingerprint density at radius 3 is 3.07 bits per heavy atom. The van der Waals surface area contributed by atoms with E-state index in [1.807, 2.05) is 24.6 Å². The lowest BCUT2D eigenvalue weighted by Gasteiger charge is -1.93. The van der Waals surface area contributed by atoms with Crippen LogP contribution < -0.4 is 0 Å². The summed E-state index contributed by atoms with van der Waals surface area (Å²) < 4.78 is 1.75. The van der Waals surface area contributed by atoms with Crippen LogP contribution in [0.25, 0.3) is 5.65 Å². The van der Waals surface area contributed by atoms with Gasteiger partial charge in [0.2, 0.25) is 0 Å². The average molecular weight is 206 g/mol. The van der Waals surface area contributed by atoms with Gasteiger partial charge in [-0.3, -0.25) is 4.99 Å². The summed E-state index contributed by atoms with van der Waals surface area (Å²) >= 11 is 1.58. The van der Waals surface area contributed by atoms with Crippen LogP contribution in [-0.4, -0.2) is 32.9 Å². The molecule has 2 heterocycles. The van der Waals surface area contributed by atoms with Gasteiger partial charge in [-0.15, -0.1) is 11.8 Å². The van der Waals surface area contributed by atoms with Gasteiger partial charge in [-0.2, -0.15) is 5.10 Å². The van der Waals surface area contributed by atoms with Crippen molar-refractivity contribution >= 4 is 22.5 Å². The van der Waals surface area contributed by atoms with Crippen LogP contribution in [0.5, 0.6) is 0 Å². The monoisotopic (exact) mass is 206 g/mol. The first-order valence-electron chi connectivity index (χ1n) is 4.16. The van der Waals surface area contributed by atoms with Gasteiger partial charge >= 0.3 is 0 Å². The number of aromatic nitrogens is 3. The van der Waals surface area contributed by atoms with Gasteiger partial charge in [0.05, 0.1) is 0 Å². The molecule has 5 heteroatoms. The first-order chi connectivity index (χ1) is 6.85. The standard InChI is InChI=1S/C9H10N4S/c1-10-9(14-2)7-6-8-11-4-3-5-13(8)12-7/h3-6H,1-2H3. The largest absolute Gasteiger partial charge is 0.279 e. The molecule has 0 aliphatic carbocycles. The van der Waals surface area contributed by atoms with Crippen LogP contribution in [-0.2, 0) is 0 Å². The molecular formula is C9H10N4S. The lowest BCUT2D eigenvalue weighted by atomic mass is 10.4. The molecule has 0 saturated carbocycles. The second-order valence-corrected chi connectivity index (χ2v) is 3.48. The van der Waals surface area contributed by atoms with E-state index in [4.69, 9.17) is 0 Å². The summed E-state index contributed by atoms with van der Waals surface area (Å²) in [4.78, 5) is 8.34. The summed E-state index contributed by atoms with van der Waals surface area (Å²) in [5.41, 5.74) is 1.72. The molecule has 0 atom stereocenters. The smallest absolute Gasteiger partial charge is 0.155 e. The Balaban J connectivity index is 2.55. The van der Waals surface area contributed by atoms with Crippen LogP contribution in [0.3, 0.4) is 0 Å². The van der Waals surface area contributed by atoms with Crippen molar-refractivity contribution in [2.75, 3.05) is 13.3 Å². The van der Waals surface area contributed by atoms with Gasteiger partial charge < -0.3 is 0 Å². The highest BCUT2D eigenvalue weighted by Crippen LogP contribution is 2.10. The Morgan fingerprint density at radius 1 is 1.57 bits per heavy atom. The highest BCUT2D eigenvalue weighted by Gasteiger charge is 2.06. The van der Waals surface area contributed by atoms with Crippen molar-refractivity contribution in [3.8, 4) is 0 Å². The van der Waals surface area contributed by atoms with E-state index in [1.54, 1.807) is 29.5 Å². The van der Waals surface area contributed by atoms with E-state index < -0.39 is 0 Å². The zero-order chi connectivity index (χ0) is 9.97. The molecule has 0 amide bonds. The summed E-state index contributed by atoms with van der Waals surface area (Å²) in [5.74, 6) is 0. The molecule has 0 aliphatic rings. The first-order valence-corrected chi connectivity index (χ1v) is 5.39. The predicted molar refractivity (Wildman–Crippen MR) is 59.0 cm³/mol. The number of aliphatic imine (C=N–C) groups is 1. The number of hydrogen-bond donors (Lipinski definition) is 0. The lowest BCUT2D eigenvalue weighted by molar-refractivity contribution is 0.934. The normalized spacial score (nSPS) is 12.3. The molecule has 0 fully saturated rings. The Kier molecular flexibility index (Phi) is 2.49. The molecule has 4 nitrogen and oxygen atoms in total. The molecule has 2 aromatic rings. The molecule has 0 bridgehead atoms. The summed E-state index contributed by atoms with van der Waals surface area (Å²) in [6.07, 6.45) is 5.61. The summed E-state index contributed by atoms with van der Waals surface area (Å²) in [6, 6.07) is 3.78. The van der Waals surface area contributed by atoms with Gasteiger partial charge in [0.25, 0.3) is 0 Å². The Labute approximate surface area is 86.1 Å². The number of fused-ring (bicyclic) bond motifs is 1. The van der Waals surface area contributed by atoms with Gasteiger partial charge in [0.15, 0.2) is 5.65 Å². The Morgan fingerprint density at radius 2 is 2.43 bits per heavy atom. The predicted octanol–water partition coefficient (Wildman–Crippen LogP) is 1.47. The maximum absolute atomic E-state index is 4.36. The first kappa shape index (κ1) is 9.21. The van der Waals surface area contributed by atoms with Gasteiger partial charge in [-0.25, -0.2) is 9.50 Å². The molecule has 0 N–H and O–H groups in total. The quantitative estimate of drug-likeness (QED) is 0.524. The number of nitrogens with zero attached hydrogens (tertiary/aromatic N) is 4. The van der Waals surface area contributed by atoms with E-state index in [-0.39, 0.29) is 0 Å². The molecule has 0 saturated heterocycles. The minimum absolute atomic E-state index is 0.845. The average Bonchev–Trinajstić information content (AvgIpc) is 2.63. The minimum atomic E-state index is 0.845. The lowest BCUT2D eigenvalue weighted by Crippen LogP contribution is -1.96. The fraction of sp³-hybridized carbons (Fsp3) is 0.222. The molecule has 0 unspecified atom stereocenters. The molecule has 0 aliphatic heterocycles. The fourth-order valence-corrected chi connectivity index (χ4v) is 1.74. The second kappa shape index (κ2) is 3.79. The molecular weight excluding hydrogens is 196 g/mol. The van der Waals surface area contributed by atoms with Gasteiger partial charge in [-0.1, -0.05) is 0 Å². The fourth-order valence-electron chi connectivity index (χ4n) is 1.25. The van der Waals surface area contributed by atoms with Crippen molar-refractivity contribution in [2.45, 2.75) is 0 Å². The molecule has 72 valence electrons. The highest BCUT2D eigenvalue weighted by atomic mass is 32.2. The zero-order valence-corrected chi connectivity index (χ0v) is 8.82. The molecule has 2 aromatic heterocycles. The van der Waals surface area contributed by atoms with Crippen molar-refractivity contribution in [3.63, 3.8) is 0 Å². The third-order valence-electron chi connectivity index (χ3n) is 1.85. The molecule has 2 rings (SSSR count). The van der Waals surface area contributed by atoms with Gasteiger partial charge in [0.1, 0.15) is 10.7 Å². The van der Waals surface area contributed by atoms with E-state index in [2.05, 4.69) is 15.1 Å². The van der Waals surface area contributed by atoms with E-state index in [1.165, 1.54) is 0 Å². The van der Waals surface area contributed by atoms with Crippen molar-refractivity contribution in [1.29, 1.82) is 0 Å². The van der Waals surface area contributed by atoms with E-state index in [0.29, 0.717) is 0 Å². The molecule has 0 aromatic carbocycles. The van der Waals surface area contributed by atoms with Crippen LogP contribution in [0.1, 0.15) is 5.69 Å². The van der Waals surface area contributed by atoms with E-state index >= 15 is 0 Å². The van der Waals surface area contributed by atoms with Crippen LogP contribution in [0, 0.1) is 0 Å². The van der Waals surface area contributed by atoms with Crippen molar-refractivity contribution in [1.82, 2.24) is 14.6 Å². The second-order valence-electron chi connectivity index (χ2n) is 2.68. The highest BCUT2D eigenvalue weighted by molar-refractivity contribution is 8.13. The Hall–Kier alpha value is -1.36. The third-order valence-corrected chi connectivity index (χ3v) is 2.63. The van der Waals surface area contributed by atoms with Crippen LogP contribution >= 0.6 is 11.8 Å². The maximum atomic E-state index is 4.36. The van der Waals surface area contributed by atoms with Crippen LogP contribution in [0.15, 0.2) is 29.5 Å². The van der Waals surface area contributed by atoms with Gasteiger partial charge in [0, 0.05) is 25.5 Å². The van der Waals surface area contributed by atoms with Crippen LogP contribution in [0.4, 0.5) is 0 Å². The molecule has 0 spiro atoms. The maximum Gasteiger partial charge on any atom is 0.155 e. The SMILES string of the molecule is CN=C(SC)c1cc2ncccn2n1. The van der Waals surface area contributed by atoms with Crippen molar-refractivity contribution in [3.05, 3.63) is 30.2 Å². The topological polar surface area (TPSA) is 42.5 Å². The van der Waals surface area contributed by atoms with E-state index in [0.717, 1.165) is 16.4 Å². The number of hydrogen-bond acceptors (Lipinski definition) is 4. The van der Waals surface area contributed by atoms with Gasteiger partial charge in [-0.05, 0) is 12.3 Å². The summed E-state index contributed by atoms with van der Waals surface area (Å²) in [5, 5.41) is 5.28. The minimum Gasteiger partial charge on any atom is -0.279 e. The van der Waals surface area contributed by atoms with E-state index in [9.17, 15) is 0 Å². The molecule has 14 heavy (non-hydrogen) atoms. The zero-order valence-electron chi connectivity index (χ0n) is 8.01. The van der Waals surface area contributed by atoms with Crippen LogP contribution in [0.2, 0.25) is 0 Å². The summed E-state index contributed by atoms with van der Waals surface area (Å²) in [6.45, 7) is 0.